The number of rotatable bonds is 5. The summed E-state index contributed by atoms with van der Waals surface area (Å²) in [5.74, 6) is 0. The molecule has 0 radical (unpaired) electrons. The Bertz CT molecular complexity index is 939. The third-order valence-electron chi connectivity index (χ3n) is 5.40. The molecule has 8 heteroatoms. The normalized spacial score (nSPS) is 16.9. The van der Waals surface area contributed by atoms with Gasteiger partial charge in [-0.3, -0.25) is 9.88 Å². The maximum atomic E-state index is 12.4. The van der Waals surface area contributed by atoms with Crippen LogP contribution in [-0.2, 0) is 0 Å². The molecule has 31 heavy (non-hydrogen) atoms. The van der Waals surface area contributed by atoms with Gasteiger partial charge in [-0.05, 0) is 46.2 Å². The minimum absolute atomic E-state index is 0.0447. The van der Waals surface area contributed by atoms with Gasteiger partial charge < -0.3 is 20.9 Å². The van der Waals surface area contributed by atoms with Crippen LogP contribution in [0.3, 0.4) is 0 Å². The quantitative estimate of drug-likeness (QED) is 0.685. The Morgan fingerprint density at radius 1 is 1.26 bits per heavy atom. The van der Waals surface area contributed by atoms with E-state index in [0.717, 1.165) is 48.3 Å². The highest BCUT2D eigenvalue weighted by molar-refractivity contribution is 6.00. The lowest BCUT2D eigenvalue weighted by Gasteiger charge is -2.29. The zero-order valence-electron chi connectivity index (χ0n) is 19.2. The number of nitrogens with zero attached hydrogens (tertiary/aromatic N) is 3. The number of benzene rings is 1. The van der Waals surface area contributed by atoms with E-state index in [9.17, 15) is 9.59 Å². The number of nitrogens with one attached hydrogen (secondary N) is 3. The van der Waals surface area contributed by atoms with Crippen molar-refractivity contribution in [1.82, 2.24) is 25.4 Å². The van der Waals surface area contributed by atoms with Gasteiger partial charge in [0.1, 0.15) is 0 Å². The number of carbonyl (C=O) groups is 2. The molecule has 2 aromatic rings. The Labute approximate surface area is 184 Å². The summed E-state index contributed by atoms with van der Waals surface area (Å²) in [6.45, 7) is 10.9. The van der Waals surface area contributed by atoms with Gasteiger partial charge in [-0.25, -0.2) is 9.59 Å². The van der Waals surface area contributed by atoms with Crippen molar-refractivity contribution in [2.24, 2.45) is 0 Å². The Kier molecular flexibility index (Phi) is 7.00. The van der Waals surface area contributed by atoms with Crippen molar-refractivity contribution >= 4 is 28.7 Å². The van der Waals surface area contributed by atoms with Crippen molar-refractivity contribution in [2.75, 3.05) is 38.5 Å². The van der Waals surface area contributed by atoms with Gasteiger partial charge in [0.2, 0.25) is 0 Å². The summed E-state index contributed by atoms with van der Waals surface area (Å²) in [4.78, 5) is 33.4. The summed E-state index contributed by atoms with van der Waals surface area (Å²) < 4.78 is 0. The molecular formula is C23H34N6O2. The van der Waals surface area contributed by atoms with Crippen molar-refractivity contribution < 1.29 is 9.59 Å². The van der Waals surface area contributed by atoms with Crippen molar-refractivity contribution in [3.05, 3.63) is 36.0 Å². The van der Waals surface area contributed by atoms with Crippen LogP contribution >= 0.6 is 0 Å². The van der Waals surface area contributed by atoms with Gasteiger partial charge in [0.25, 0.3) is 0 Å². The summed E-state index contributed by atoms with van der Waals surface area (Å²) in [5, 5.41) is 9.81. The molecule has 1 fully saturated rings. The van der Waals surface area contributed by atoms with E-state index in [1.165, 1.54) is 0 Å². The number of fused-ring (bicyclic) bond motifs is 1. The number of pyridine rings is 1. The van der Waals surface area contributed by atoms with Crippen LogP contribution in [0.2, 0.25) is 0 Å². The zero-order chi connectivity index (χ0) is 22.6. The first kappa shape index (κ1) is 22.8. The first-order valence-corrected chi connectivity index (χ1v) is 10.8. The number of hydrogen-bond acceptors (Lipinski definition) is 4. The molecule has 1 aliphatic rings. The van der Waals surface area contributed by atoms with Crippen LogP contribution in [0.4, 0.5) is 15.3 Å². The number of amides is 4. The molecule has 1 aromatic heterocycles. The van der Waals surface area contributed by atoms with Crippen LogP contribution in [0.15, 0.2) is 30.3 Å². The van der Waals surface area contributed by atoms with Gasteiger partial charge in [0.15, 0.2) is 0 Å². The molecule has 2 heterocycles. The summed E-state index contributed by atoms with van der Waals surface area (Å²) in [6.07, 6.45) is 0.933. The first-order valence-electron chi connectivity index (χ1n) is 10.8. The predicted octanol–water partition coefficient (Wildman–Crippen LogP) is 3.18. The second-order valence-electron chi connectivity index (χ2n) is 9.24. The molecule has 3 N–H and O–H groups in total. The Morgan fingerprint density at radius 3 is 2.74 bits per heavy atom. The number of aryl methyl sites for hydroxylation is 1. The topological polar surface area (TPSA) is 89.6 Å². The van der Waals surface area contributed by atoms with Gasteiger partial charge >= 0.3 is 12.1 Å². The number of para-hydroxylation sites is 1. The van der Waals surface area contributed by atoms with Gasteiger partial charge in [0.05, 0.1) is 11.2 Å². The highest BCUT2D eigenvalue weighted by Crippen LogP contribution is 2.22. The van der Waals surface area contributed by atoms with E-state index >= 15 is 0 Å². The van der Waals surface area contributed by atoms with E-state index in [1.807, 2.05) is 65.1 Å². The maximum absolute atomic E-state index is 12.4. The van der Waals surface area contributed by atoms with Crippen LogP contribution in [0, 0.1) is 6.92 Å². The maximum Gasteiger partial charge on any atom is 0.319 e. The number of carbonyl (C=O) groups excluding carboxylic acids is 2. The fraction of sp³-hybridized carbons (Fsp3) is 0.522. The average molecular weight is 427 g/mol. The SMILES string of the molecule is Cc1cc(NC(=O)NCCN2CCC(N(C)C(=O)NC(C)(C)C)C2)c2ccccc2n1. The van der Waals surface area contributed by atoms with E-state index in [2.05, 4.69) is 25.8 Å². The second-order valence-corrected chi connectivity index (χ2v) is 9.24. The zero-order valence-corrected chi connectivity index (χ0v) is 19.2. The molecule has 0 aliphatic carbocycles. The molecule has 3 rings (SSSR count). The van der Waals surface area contributed by atoms with Gasteiger partial charge in [-0.2, -0.15) is 0 Å². The van der Waals surface area contributed by atoms with E-state index in [0.29, 0.717) is 6.54 Å². The Morgan fingerprint density at radius 2 is 2.00 bits per heavy atom. The highest BCUT2D eigenvalue weighted by atomic mass is 16.2. The van der Waals surface area contributed by atoms with Crippen molar-refractivity contribution in [2.45, 2.75) is 45.7 Å². The van der Waals surface area contributed by atoms with E-state index in [-0.39, 0.29) is 23.6 Å². The largest absolute Gasteiger partial charge is 0.337 e. The van der Waals surface area contributed by atoms with Gasteiger partial charge in [0, 0.05) is 55.9 Å². The molecule has 0 bridgehead atoms. The van der Waals surface area contributed by atoms with Gasteiger partial charge in [-0.1, -0.05) is 18.2 Å². The molecule has 0 saturated carbocycles. The smallest absolute Gasteiger partial charge is 0.319 e. The van der Waals surface area contributed by atoms with Crippen molar-refractivity contribution in [3.8, 4) is 0 Å². The third kappa shape index (κ3) is 6.30. The third-order valence-corrected chi connectivity index (χ3v) is 5.40. The van der Waals surface area contributed by atoms with Gasteiger partial charge in [-0.15, -0.1) is 0 Å². The lowest BCUT2D eigenvalue weighted by molar-refractivity contribution is 0.180. The molecule has 4 amide bonds. The number of anilines is 1. The molecular weight excluding hydrogens is 392 g/mol. The lowest BCUT2D eigenvalue weighted by atomic mass is 10.1. The van der Waals surface area contributed by atoms with E-state index in [4.69, 9.17) is 0 Å². The minimum Gasteiger partial charge on any atom is -0.337 e. The Hall–Kier alpha value is -2.87. The average Bonchev–Trinajstić information content (AvgIpc) is 3.14. The number of hydrogen-bond donors (Lipinski definition) is 3. The van der Waals surface area contributed by atoms with E-state index in [1.54, 1.807) is 4.90 Å². The fourth-order valence-electron chi connectivity index (χ4n) is 3.81. The van der Waals surface area contributed by atoms with Crippen LogP contribution < -0.4 is 16.0 Å². The molecule has 1 aliphatic heterocycles. The van der Waals surface area contributed by atoms with Crippen LogP contribution in [0.25, 0.3) is 10.9 Å². The summed E-state index contributed by atoms with van der Waals surface area (Å²) >= 11 is 0. The lowest BCUT2D eigenvalue weighted by Crippen LogP contribution is -2.51. The number of aromatic nitrogens is 1. The second kappa shape index (κ2) is 9.51. The first-order chi connectivity index (χ1) is 14.6. The van der Waals surface area contributed by atoms with Crippen LogP contribution in [-0.4, -0.2) is 71.7 Å². The number of urea groups is 2. The molecule has 1 unspecified atom stereocenters. The summed E-state index contributed by atoms with van der Waals surface area (Å²) in [5.41, 5.74) is 2.23. The standard InChI is InChI=1S/C23H34N6O2/c1-16-14-20(18-8-6-7-9-19(18)25-16)26-21(30)24-11-13-29-12-10-17(15-29)28(5)22(31)27-23(2,3)4/h6-9,14,17H,10-13,15H2,1-5H3,(H,27,31)(H2,24,25,26,30). The monoisotopic (exact) mass is 426 g/mol. The summed E-state index contributed by atoms with van der Waals surface area (Å²) in [6, 6.07) is 9.55. The molecule has 1 saturated heterocycles. The fourth-order valence-corrected chi connectivity index (χ4v) is 3.81. The Balaban J connectivity index is 1.45. The van der Waals surface area contributed by atoms with E-state index < -0.39 is 0 Å². The van der Waals surface area contributed by atoms with Crippen LogP contribution in [0.1, 0.15) is 32.9 Å². The molecule has 8 nitrogen and oxygen atoms in total. The number of likely N-dealkylation sites (N-methyl/N-ethyl adjacent to an activating group) is 1. The molecule has 168 valence electrons. The predicted molar refractivity (Wildman–Crippen MR) is 124 cm³/mol. The molecule has 1 aromatic carbocycles. The minimum atomic E-state index is -0.250. The molecule has 0 spiro atoms. The van der Waals surface area contributed by atoms with Crippen molar-refractivity contribution in [1.29, 1.82) is 0 Å². The van der Waals surface area contributed by atoms with Crippen molar-refractivity contribution in [3.63, 3.8) is 0 Å². The number of likely N-dealkylation sites (tertiary alicyclic amines) is 1. The summed E-state index contributed by atoms with van der Waals surface area (Å²) in [7, 11) is 1.85. The highest BCUT2D eigenvalue weighted by Gasteiger charge is 2.29. The molecule has 1 atom stereocenters. The van der Waals surface area contributed by atoms with Crippen LogP contribution in [0.5, 0.6) is 0 Å².